The molecular weight excluding hydrogens is 346 g/mol. The van der Waals surface area contributed by atoms with Crippen molar-refractivity contribution < 1.29 is 24.2 Å². The third kappa shape index (κ3) is 2.34. The molecule has 2 aromatic carbocycles. The smallest absolute Gasteiger partial charge is 0.269 e. The Labute approximate surface area is 147 Å². The summed E-state index contributed by atoms with van der Waals surface area (Å²) in [6, 6.07) is 9.59. The number of ether oxygens (including phenoxy) is 2. The molecule has 0 atom stereocenters. The predicted octanol–water partition coefficient (Wildman–Crippen LogP) is 3.39. The number of rotatable bonds is 1. The van der Waals surface area contributed by atoms with Crippen LogP contribution < -0.4 is 14.4 Å². The number of amides is 2. The Morgan fingerprint density at radius 3 is 2.68 bits per heavy atom. The summed E-state index contributed by atoms with van der Waals surface area (Å²) < 4.78 is 10.5. The van der Waals surface area contributed by atoms with E-state index in [0.29, 0.717) is 33.3 Å². The Morgan fingerprint density at radius 2 is 1.92 bits per heavy atom. The second-order valence-corrected chi connectivity index (χ2v) is 6.05. The molecule has 0 spiro atoms. The summed E-state index contributed by atoms with van der Waals surface area (Å²) in [6.45, 7) is 1.39. The van der Waals surface area contributed by atoms with Gasteiger partial charge in [0.1, 0.15) is 5.76 Å². The van der Waals surface area contributed by atoms with Gasteiger partial charge in [-0.15, -0.1) is 0 Å². The van der Waals surface area contributed by atoms with Gasteiger partial charge in [-0.3, -0.25) is 9.59 Å². The minimum atomic E-state index is -0.597. The van der Waals surface area contributed by atoms with Crippen molar-refractivity contribution in [1.82, 2.24) is 0 Å². The van der Waals surface area contributed by atoms with E-state index in [-0.39, 0.29) is 18.1 Å². The van der Waals surface area contributed by atoms with E-state index >= 15 is 0 Å². The van der Waals surface area contributed by atoms with Crippen LogP contribution in [0.3, 0.4) is 0 Å². The fraction of sp³-hybridized carbons (Fsp3) is 0.111. The SMILES string of the molecule is CC(=O)N1C(=O)C(=C(O)c2ccc3c(c2)OCO3)c2ccc(Cl)cc21. The van der Waals surface area contributed by atoms with Crippen LogP contribution in [-0.2, 0) is 9.59 Å². The number of anilines is 1. The average Bonchev–Trinajstić information content (AvgIpc) is 3.14. The highest BCUT2D eigenvalue weighted by Gasteiger charge is 2.38. The van der Waals surface area contributed by atoms with E-state index in [1.807, 2.05) is 0 Å². The summed E-state index contributed by atoms with van der Waals surface area (Å²) in [5, 5.41) is 11.1. The van der Waals surface area contributed by atoms with Crippen LogP contribution in [0.5, 0.6) is 11.5 Å². The number of imide groups is 1. The molecule has 0 radical (unpaired) electrons. The van der Waals surface area contributed by atoms with Crippen molar-refractivity contribution in [3.63, 3.8) is 0 Å². The summed E-state index contributed by atoms with van der Waals surface area (Å²) in [5.74, 6) is -0.246. The van der Waals surface area contributed by atoms with Crippen LogP contribution in [0, 0.1) is 0 Å². The van der Waals surface area contributed by atoms with Crippen molar-refractivity contribution in [3.05, 3.63) is 52.5 Å². The molecule has 7 heteroatoms. The molecule has 0 saturated heterocycles. The van der Waals surface area contributed by atoms with Crippen molar-refractivity contribution >= 4 is 40.4 Å². The molecule has 2 aromatic rings. The zero-order valence-electron chi connectivity index (χ0n) is 13.1. The van der Waals surface area contributed by atoms with Crippen molar-refractivity contribution in [2.24, 2.45) is 0 Å². The van der Waals surface area contributed by atoms with Crippen molar-refractivity contribution in [2.45, 2.75) is 6.92 Å². The number of carbonyl (C=O) groups excluding carboxylic acids is 2. The highest BCUT2D eigenvalue weighted by atomic mass is 35.5. The summed E-state index contributed by atoms with van der Waals surface area (Å²) in [5.41, 5.74) is 1.23. The first-order chi connectivity index (χ1) is 12.0. The first-order valence-electron chi connectivity index (χ1n) is 7.45. The van der Waals surface area contributed by atoms with Crippen LogP contribution in [0.4, 0.5) is 5.69 Å². The topological polar surface area (TPSA) is 76.1 Å². The first-order valence-corrected chi connectivity index (χ1v) is 7.83. The van der Waals surface area contributed by atoms with Gasteiger partial charge in [-0.1, -0.05) is 17.7 Å². The van der Waals surface area contributed by atoms with Crippen LogP contribution in [-0.4, -0.2) is 23.7 Å². The van der Waals surface area contributed by atoms with E-state index in [9.17, 15) is 14.7 Å². The Kier molecular flexibility index (Phi) is 3.43. The average molecular weight is 358 g/mol. The Balaban J connectivity index is 1.91. The van der Waals surface area contributed by atoms with Crippen LogP contribution >= 0.6 is 11.6 Å². The molecule has 4 rings (SSSR count). The zero-order chi connectivity index (χ0) is 17.7. The van der Waals surface area contributed by atoms with Gasteiger partial charge in [-0.2, -0.15) is 0 Å². The molecule has 1 N–H and O–H groups in total. The van der Waals surface area contributed by atoms with E-state index in [1.165, 1.54) is 13.0 Å². The number of nitrogens with zero attached hydrogens (tertiary/aromatic N) is 1. The number of halogens is 1. The number of benzene rings is 2. The second-order valence-electron chi connectivity index (χ2n) is 5.61. The van der Waals surface area contributed by atoms with Gasteiger partial charge in [0.05, 0.1) is 11.3 Å². The molecule has 6 nitrogen and oxygen atoms in total. The third-order valence-electron chi connectivity index (χ3n) is 4.08. The first kappa shape index (κ1) is 15.5. The molecule has 0 fully saturated rings. The second kappa shape index (κ2) is 5.53. The van der Waals surface area contributed by atoms with Gasteiger partial charge < -0.3 is 14.6 Å². The molecule has 2 amide bonds. The molecule has 25 heavy (non-hydrogen) atoms. The van der Waals surface area contributed by atoms with E-state index in [0.717, 1.165) is 4.90 Å². The number of aliphatic hydroxyl groups excluding tert-OH is 1. The normalized spacial score (nSPS) is 16.9. The molecule has 2 aliphatic heterocycles. The van der Waals surface area contributed by atoms with Crippen molar-refractivity contribution in [1.29, 1.82) is 0 Å². The molecule has 2 heterocycles. The van der Waals surface area contributed by atoms with Gasteiger partial charge in [0.15, 0.2) is 11.5 Å². The maximum absolute atomic E-state index is 12.8. The van der Waals surface area contributed by atoms with Gasteiger partial charge in [0.2, 0.25) is 12.7 Å². The molecule has 0 unspecified atom stereocenters. The lowest BCUT2D eigenvalue weighted by Crippen LogP contribution is -2.31. The van der Waals surface area contributed by atoms with Crippen LogP contribution in [0.2, 0.25) is 5.02 Å². The molecule has 0 aromatic heterocycles. The van der Waals surface area contributed by atoms with Gasteiger partial charge in [0, 0.05) is 23.1 Å². The minimum absolute atomic E-state index is 0.0423. The lowest BCUT2D eigenvalue weighted by molar-refractivity contribution is -0.122. The van der Waals surface area contributed by atoms with E-state index in [2.05, 4.69) is 0 Å². The highest BCUT2D eigenvalue weighted by Crippen LogP contribution is 2.42. The lowest BCUT2D eigenvalue weighted by Gasteiger charge is -2.12. The van der Waals surface area contributed by atoms with E-state index < -0.39 is 11.8 Å². The molecule has 2 aliphatic rings. The molecule has 0 aliphatic carbocycles. The Morgan fingerprint density at radius 1 is 1.16 bits per heavy atom. The summed E-state index contributed by atoms with van der Waals surface area (Å²) in [6.07, 6.45) is 0. The van der Waals surface area contributed by atoms with Crippen molar-refractivity contribution in [2.75, 3.05) is 11.7 Å². The molecular formula is C18H12ClNO5. The van der Waals surface area contributed by atoms with Gasteiger partial charge >= 0.3 is 0 Å². The number of carbonyl (C=O) groups is 2. The fourth-order valence-electron chi connectivity index (χ4n) is 2.97. The van der Waals surface area contributed by atoms with Gasteiger partial charge in [-0.05, 0) is 30.3 Å². The summed E-state index contributed by atoms with van der Waals surface area (Å²) in [4.78, 5) is 25.7. The van der Waals surface area contributed by atoms with Crippen LogP contribution in [0.25, 0.3) is 11.3 Å². The van der Waals surface area contributed by atoms with Crippen LogP contribution in [0.1, 0.15) is 18.1 Å². The molecule has 0 saturated carbocycles. The number of hydrogen-bond acceptors (Lipinski definition) is 5. The minimum Gasteiger partial charge on any atom is -0.506 e. The monoisotopic (exact) mass is 357 g/mol. The molecule has 126 valence electrons. The van der Waals surface area contributed by atoms with Gasteiger partial charge in [-0.25, -0.2) is 4.90 Å². The van der Waals surface area contributed by atoms with E-state index in [1.54, 1.807) is 30.3 Å². The Hall–Kier alpha value is -2.99. The van der Waals surface area contributed by atoms with E-state index in [4.69, 9.17) is 21.1 Å². The maximum Gasteiger partial charge on any atom is 0.269 e. The summed E-state index contributed by atoms with van der Waals surface area (Å²) in [7, 11) is 0. The van der Waals surface area contributed by atoms with Gasteiger partial charge in [0.25, 0.3) is 5.91 Å². The molecule has 0 bridgehead atoms. The van der Waals surface area contributed by atoms with Crippen LogP contribution in [0.15, 0.2) is 36.4 Å². The third-order valence-corrected chi connectivity index (χ3v) is 4.32. The predicted molar refractivity (Wildman–Crippen MR) is 91.6 cm³/mol. The summed E-state index contributed by atoms with van der Waals surface area (Å²) >= 11 is 5.99. The zero-order valence-corrected chi connectivity index (χ0v) is 13.8. The number of fused-ring (bicyclic) bond motifs is 2. The quantitative estimate of drug-likeness (QED) is 0.625. The maximum atomic E-state index is 12.8. The van der Waals surface area contributed by atoms with Crippen molar-refractivity contribution in [3.8, 4) is 11.5 Å². The largest absolute Gasteiger partial charge is 0.506 e. The standard InChI is InChI=1S/C18H12ClNO5/c1-9(21)20-13-7-11(19)3-4-12(13)16(18(20)23)17(22)10-2-5-14-15(6-10)25-8-24-14/h2-7,22H,8H2,1H3. The number of hydrogen-bond donors (Lipinski definition) is 1. The Bertz CT molecular complexity index is 966. The highest BCUT2D eigenvalue weighted by molar-refractivity contribution is 6.43. The number of aliphatic hydroxyl groups is 1. The fourth-order valence-corrected chi connectivity index (χ4v) is 3.13. The lowest BCUT2D eigenvalue weighted by atomic mass is 10.0.